The van der Waals surface area contributed by atoms with Gasteiger partial charge in [-0.1, -0.05) is 12.1 Å². The first-order valence-electron chi connectivity index (χ1n) is 8.12. The third-order valence-electron chi connectivity index (χ3n) is 4.09. The Morgan fingerprint density at radius 1 is 1.04 bits per heavy atom. The zero-order chi connectivity index (χ0) is 16.9. The maximum absolute atomic E-state index is 14.2. The Hall–Kier alpha value is -1.26. The summed E-state index contributed by atoms with van der Waals surface area (Å²) in [4.78, 5) is 0.0257. The minimum atomic E-state index is -0.553. The monoisotopic (exact) mass is 368 g/mol. The summed E-state index contributed by atoms with van der Waals surface area (Å²) in [5, 5.41) is 0. The molecule has 128 valence electrons. The number of benzene rings is 2. The summed E-state index contributed by atoms with van der Waals surface area (Å²) in [5.41, 5.74) is 1.26. The van der Waals surface area contributed by atoms with E-state index in [2.05, 4.69) is 0 Å². The van der Waals surface area contributed by atoms with Gasteiger partial charge in [-0.15, -0.1) is 23.4 Å². The normalized spacial score (nSPS) is 15.0. The summed E-state index contributed by atoms with van der Waals surface area (Å²) in [6.07, 6.45) is 4.78. The van der Waals surface area contributed by atoms with Gasteiger partial charge in [0.05, 0.1) is 11.0 Å². The molecule has 0 atom stereocenters. The van der Waals surface area contributed by atoms with Crippen LogP contribution in [0.25, 0.3) is 11.1 Å². The fourth-order valence-corrected chi connectivity index (χ4v) is 3.86. The van der Waals surface area contributed by atoms with Crippen LogP contribution in [0.4, 0.5) is 8.78 Å². The van der Waals surface area contributed by atoms with Crippen LogP contribution in [0.5, 0.6) is 5.75 Å². The number of alkyl halides is 1. The highest BCUT2D eigenvalue weighted by atomic mass is 35.5. The molecule has 0 radical (unpaired) electrons. The van der Waals surface area contributed by atoms with Gasteiger partial charge in [0.2, 0.25) is 0 Å². The first-order valence-corrected chi connectivity index (χ1v) is 9.64. The number of thioether (sulfide) groups is 1. The largest absolute Gasteiger partial charge is 0.490 e. The van der Waals surface area contributed by atoms with Crippen molar-refractivity contribution in [1.29, 1.82) is 0 Å². The lowest BCUT2D eigenvalue weighted by Gasteiger charge is -2.14. The van der Waals surface area contributed by atoms with Crippen LogP contribution in [0.15, 0.2) is 41.3 Å². The van der Waals surface area contributed by atoms with Gasteiger partial charge in [-0.05, 0) is 61.1 Å². The molecule has 1 nitrogen and oxygen atoms in total. The second kappa shape index (κ2) is 8.21. The number of ether oxygens (including phenoxy) is 1. The Balaban J connectivity index is 1.83. The second-order valence-corrected chi connectivity index (χ2v) is 7.34. The van der Waals surface area contributed by atoms with Crippen molar-refractivity contribution in [2.24, 2.45) is 0 Å². The van der Waals surface area contributed by atoms with Gasteiger partial charge in [-0.3, -0.25) is 0 Å². The van der Waals surface area contributed by atoms with E-state index in [0.717, 1.165) is 35.9 Å². The molecule has 0 spiro atoms. The highest BCUT2D eigenvalue weighted by Gasteiger charge is 2.17. The van der Waals surface area contributed by atoms with E-state index in [9.17, 15) is 8.78 Å². The molecule has 0 amide bonds. The number of hydrogen-bond donors (Lipinski definition) is 0. The van der Waals surface area contributed by atoms with Crippen molar-refractivity contribution in [3.8, 4) is 16.9 Å². The SMILES string of the molecule is Fc1cc(-c2cccc(OC3CCCC3)c2)cc(F)c1SCCCl. The fourth-order valence-electron chi connectivity index (χ4n) is 2.95. The third-order valence-corrected chi connectivity index (χ3v) is 5.59. The summed E-state index contributed by atoms with van der Waals surface area (Å²) in [7, 11) is 0. The van der Waals surface area contributed by atoms with Gasteiger partial charge in [0.1, 0.15) is 17.4 Å². The summed E-state index contributed by atoms with van der Waals surface area (Å²) in [6.45, 7) is 0. The molecule has 1 aliphatic carbocycles. The van der Waals surface area contributed by atoms with Crippen molar-refractivity contribution >= 4 is 23.4 Å². The molecule has 3 rings (SSSR count). The van der Waals surface area contributed by atoms with Gasteiger partial charge in [-0.25, -0.2) is 8.78 Å². The quantitative estimate of drug-likeness (QED) is 0.438. The van der Waals surface area contributed by atoms with Crippen LogP contribution in [-0.2, 0) is 0 Å². The van der Waals surface area contributed by atoms with E-state index in [1.54, 1.807) is 0 Å². The molecule has 24 heavy (non-hydrogen) atoms. The van der Waals surface area contributed by atoms with Gasteiger partial charge in [0, 0.05) is 11.6 Å². The second-order valence-electron chi connectivity index (χ2n) is 5.86. The third kappa shape index (κ3) is 4.22. The van der Waals surface area contributed by atoms with Crippen LogP contribution in [0.2, 0.25) is 0 Å². The Morgan fingerprint density at radius 2 is 1.75 bits per heavy atom. The van der Waals surface area contributed by atoms with Gasteiger partial charge in [0.25, 0.3) is 0 Å². The smallest absolute Gasteiger partial charge is 0.140 e. The molecule has 2 aromatic rings. The van der Waals surface area contributed by atoms with E-state index >= 15 is 0 Å². The maximum Gasteiger partial charge on any atom is 0.140 e. The highest BCUT2D eigenvalue weighted by molar-refractivity contribution is 7.99. The van der Waals surface area contributed by atoms with Gasteiger partial charge in [0.15, 0.2) is 0 Å². The van der Waals surface area contributed by atoms with Crippen molar-refractivity contribution in [3.05, 3.63) is 48.0 Å². The van der Waals surface area contributed by atoms with Crippen LogP contribution < -0.4 is 4.74 Å². The standard InChI is InChI=1S/C19H19ClF2OS/c20-8-9-24-19-17(21)11-14(12-18(19)22)13-4-3-7-16(10-13)23-15-5-1-2-6-15/h3-4,7,10-12,15H,1-2,5-6,8-9H2. The van der Waals surface area contributed by atoms with Crippen molar-refractivity contribution in [3.63, 3.8) is 0 Å². The predicted octanol–water partition coefficient (Wildman–Crippen LogP) is 6.28. The Kier molecular flexibility index (Phi) is 6.01. The molecule has 5 heteroatoms. The molecule has 1 fully saturated rings. The zero-order valence-electron chi connectivity index (χ0n) is 13.2. The zero-order valence-corrected chi connectivity index (χ0v) is 14.8. The van der Waals surface area contributed by atoms with Crippen LogP contribution in [-0.4, -0.2) is 17.7 Å². The number of rotatable bonds is 6. The van der Waals surface area contributed by atoms with E-state index in [-0.39, 0.29) is 11.0 Å². The highest BCUT2D eigenvalue weighted by Crippen LogP contribution is 2.32. The first kappa shape index (κ1) is 17.6. The lowest BCUT2D eigenvalue weighted by Crippen LogP contribution is -2.10. The molecular formula is C19H19ClF2OS. The van der Waals surface area contributed by atoms with Gasteiger partial charge in [-0.2, -0.15) is 0 Å². The summed E-state index contributed by atoms with van der Waals surface area (Å²) >= 11 is 6.69. The lowest BCUT2D eigenvalue weighted by atomic mass is 10.1. The van der Waals surface area contributed by atoms with Crippen molar-refractivity contribution in [2.45, 2.75) is 36.7 Å². The molecule has 1 saturated carbocycles. The molecule has 2 aromatic carbocycles. The minimum Gasteiger partial charge on any atom is -0.490 e. The fraction of sp³-hybridized carbons (Fsp3) is 0.368. The van der Waals surface area contributed by atoms with E-state index < -0.39 is 11.6 Å². The number of halogens is 3. The summed E-state index contributed by atoms with van der Waals surface area (Å²) < 4.78 is 34.4. The van der Waals surface area contributed by atoms with Crippen LogP contribution in [0.3, 0.4) is 0 Å². The molecule has 0 heterocycles. The molecule has 1 aliphatic rings. The summed E-state index contributed by atoms with van der Waals surface area (Å²) in [6, 6.07) is 10.2. The van der Waals surface area contributed by atoms with Crippen molar-refractivity contribution in [2.75, 3.05) is 11.6 Å². The summed E-state index contributed by atoms with van der Waals surface area (Å²) in [5.74, 6) is 0.468. The molecule has 0 N–H and O–H groups in total. The van der Waals surface area contributed by atoms with Gasteiger partial charge < -0.3 is 4.74 Å². The Morgan fingerprint density at radius 3 is 2.42 bits per heavy atom. The van der Waals surface area contributed by atoms with Crippen molar-refractivity contribution < 1.29 is 13.5 Å². The van der Waals surface area contributed by atoms with E-state index in [4.69, 9.17) is 16.3 Å². The Bertz CT molecular complexity index is 679. The molecule has 0 aromatic heterocycles. The molecule has 0 unspecified atom stereocenters. The topological polar surface area (TPSA) is 9.23 Å². The first-order chi connectivity index (χ1) is 11.7. The maximum atomic E-state index is 14.2. The molecular weight excluding hydrogens is 350 g/mol. The van der Waals surface area contributed by atoms with Crippen LogP contribution >= 0.6 is 23.4 Å². The lowest BCUT2D eigenvalue weighted by molar-refractivity contribution is 0.210. The average molecular weight is 369 g/mol. The van der Waals surface area contributed by atoms with E-state index in [1.807, 2.05) is 24.3 Å². The van der Waals surface area contributed by atoms with Gasteiger partial charge >= 0.3 is 0 Å². The average Bonchev–Trinajstić information content (AvgIpc) is 3.07. The predicted molar refractivity (Wildman–Crippen MR) is 96.1 cm³/mol. The molecule has 0 aliphatic heterocycles. The van der Waals surface area contributed by atoms with Crippen molar-refractivity contribution in [1.82, 2.24) is 0 Å². The number of hydrogen-bond acceptors (Lipinski definition) is 2. The van der Waals surface area contributed by atoms with E-state index in [0.29, 0.717) is 17.2 Å². The Labute approximate surface area is 150 Å². The van der Waals surface area contributed by atoms with Crippen LogP contribution in [0.1, 0.15) is 25.7 Å². The van der Waals surface area contributed by atoms with E-state index in [1.165, 1.54) is 25.0 Å². The molecule has 0 bridgehead atoms. The molecule has 0 saturated heterocycles. The minimum absolute atomic E-state index is 0.0257. The van der Waals surface area contributed by atoms with Crippen LogP contribution in [0, 0.1) is 11.6 Å².